The Morgan fingerprint density at radius 3 is 2.77 bits per heavy atom. The van der Waals surface area contributed by atoms with Gasteiger partial charge in [0.15, 0.2) is 0 Å². The summed E-state index contributed by atoms with van der Waals surface area (Å²) < 4.78 is 40.5. The van der Waals surface area contributed by atoms with E-state index in [1.807, 2.05) is 6.20 Å². The topological polar surface area (TPSA) is 101 Å². The quantitative estimate of drug-likeness (QED) is 0.520. The molecule has 2 aliphatic heterocycles. The molecule has 3 fully saturated rings. The molecule has 0 radical (unpaired) electrons. The van der Waals surface area contributed by atoms with Gasteiger partial charge in [-0.3, -0.25) is 4.90 Å². The molecule has 1 atom stereocenters. The molecule has 1 aromatic carbocycles. The van der Waals surface area contributed by atoms with Crippen molar-refractivity contribution in [3.8, 4) is 16.9 Å². The van der Waals surface area contributed by atoms with Crippen molar-refractivity contribution in [2.45, 2.75) is 43.9 Å². The maximum atomic E-state index is 15.1. The predicted molar refractivity (Wildman–Crippen MR) is 133 cm³/mol. The zero-order valence-electron chi connectivity index (χ0n) is 19.6. The van der Waals surface area contributed by atoms with Crippen molar-refractivity contribution in [3.63, 3.8) is 0 Å². The summed E-state index contributed by atoms with van der Waals surface area (Å²) in [7, 11) is 0. The van der Waals surface area contributed by atoms with Gasteiger partial charge in [0.1, 0.15) is 47.5 Å². The van der Waals surface area contributed by atoms with E-state index < -0.39 is 11.2 Å². The average Bonchev–Trinajstić information content (AvgIpc) is 3.48. The van der Waals surface area contributed by atoms with E-state index in [1.54, 1.807) is 12.1 Å². The van der Waals surface area contributed by atoms with E-state index >= 15 is 4.39 Å². The number of rotatable bonds is 6. The van der Waals surface area contributed by atoms with Gasteiger partial charge in [0.2, 0.25) is 0 Å². The first-order chi connectivity index (χ1) is 17.1. The largest absolute Gasteiger partial charge is 0.616 e. The molecular weight excluding hydrogens is 469 g/mol. The van der Waals surface area contributed by atoms with Crippen molar-refractivity contribution in [1.29, 1.82) is 0 Å². The molecule has 6 rings (SSSR count). The first-order valence-electron chi connectivity index (χ1n) is 12.3. The molecule has 3 aliphatic rings. The molecule has 2 aromatic heterocycles. The Kier molecular flexibility index (Phi) is 6.30. The first kappa shape index (κ1) is 23.0. The lowest BCUT2D eigenvalue weighted by molar-refractivity contribution is 0.0679. The molecular formula is C25H30FN5O3S. The van der Waals surface area contributed by atoms with E-state index in [-0.39, 0.29) is 18.0 Å². The van der Waals surface area contributed by atoms with Crippen molar-refractivity contribution < 1.29 is 18.4 Å². The molecule has 8 nitrogen and oxygen atoms in total. The van der Waals surface area contributed by atoms with E-state index in [1.165, 1.54) is 12.4 Å². The monoisotopic (exact) mass is 499 g/mol. The van der Waals surface area contributed by atoms with Crippen molar-refractivity contribution >= 4 is 28.0 Å². The molecule has 10 heteroatoms. The molecule has 2 saturated heterocycles. The van der Waals surface area contributed by atoms with Gasteiger partial charge in [-0.1, -0.05) is 11.2 Å². The van der Waals surface area contributed by atoms with Crippen molar-refractivity contribution in [2.75, 3.05) is 43.5 Å². The molecule has 1 saturated carbocycles. The Bertz CT molecular complexity index is 1200. The Morgan fingerprint density at radius 1 is 1.17 bits per heavy atom. The van der Waals surface area contributed by atoms with Crippen LogP contribution in [0.2, 0.25) is 0 Å². The summed E-state index contributed by atoms with van der Waals surface area (Å²) in [5, 5.41) is 0.666. The van der Waals surface area contributed by atoms with Crippen LogP contribution in [0.3, 0.4) is 0 Å². The van der Waals surface area contributed by atoms with E-state index in [0.29, 0.717) is 40.7 Å². The van der Waals surface area contributed by atoms with Gasteiger partial charge >= 0.3 is 0 Å². The molecule has 0 unspecified atom stereocenters. The Hall–Kier alpha value is -2.40. The van der Waals surface area contributed by atoms with Crippen LogP contribution >= 0.6 is 0 Å². The number of ether oxygens (including phenoxy) is 2. The van der Waals surface area contributed by atoms with E-state index in [4.69, 9.17) is 15.2 Å². The van der Waals surface area contributed by atoms with Crippen LogP contribution in [0.4, 0.5) is 10.2 Å². The van der Waals surface area contributed by atoms with Crippen molar-refractivity contribution in [3.05, 3.63) is 36.5 Å². The third kappa shape index (κ3) is 4.48. The number of benzene rings is 1. The number of hydrogen-bond acceptors (Lipinski definition) is 7. The van der Waals surface area contributed by atoms with Gasteiger partial charge in [-0.05, 0) is 43.9 Å². The minimum atomic E-state index is -0.677. The zero-order valence-corrected chi connectivity index (χ0v) is 20.4. The van der Waals surface area contributed by atoms with Gasteiger partial charge < -0.3 is 24.3 Å². The van der Waals surface area contributed by atoms with Crippen molar-refractivity contribution in [2.24, 2.45) is 0 Å². The van der Waals surface area contributed by atoms with Gasteiger partial charge in [-0.2, -0.15) is 0 Å². The highest BCUT2D eigenvalue weighted by Gasteiger charge is 2.38. The fourth-order valence-electron chi connectivity index (χ4n) is 5.46. The molecule has 2 N–H and O–H groups in total. The van der Waals surface area contributed by atoms with Crippen LogP contribution in [0.15, 0.2) is 30.7 Å². The number of fused-ring (bicyclic) bond motifs is 1. The molecule has 0 amide bonds. The van der Waals surface area contributed by atoms with E-state index in [0.717, 1.165) is 62.5 Å². The Balaban J connectivity index is 1.27. The van der Waals surface area contributed by atoms with Gasteiger partial charge in [-0.15, -0.1) is 0 Å². The van der Waals surface area contributed by atoms with Gasteiger partial charge in [0.05, 0.1) is 11.5 Å². The second kappa shape index (κ2) is 9.57. The third-order valence-corrected chi connectivity index (χ3v) is 8.81. The van der Waals surface area contributed by atoms with Crippen LogP contribution in [0, 0.1) is 5.82 Å². The smallest absolute Gasteiger partial charge is 0.146 e. The number of nitrogens with zero attached hydrogens (tertiary/aromatic N) is 4. The standard InChI is InChI=1S/C25H30FN5O3S/c26-22-4-3-18(34-14-19-2-1-7-33-19)12-20(22)21-13-31(25-23(21)24(27)28-15-29-25)17-10-16(11-17)30-5-8-35(32)9-6-30/h3-4,12-13,15-17,19H,1-2,5-11,14H2,(H2,27,28,29)/t16-,17+,19-/m0/s1. The summed E-state index contributed by atoms with van der Waals surface area (Å²) in [4.78, 5) is 11.2. The predicted octanol–water partition coefficient (Wildman–Crippen LogP) is 3.15. The molecule has 0 bridgehead atoms. The maximum absolute atomic E-state index is 15.1. The highest BCUT2D eigenvalue weighted by atomic mass is 32.2. The van der Waals surface area contributed by atoms with Crippen LogP contribution in [0.25, 0.3) is 22.2 Å². The number of aromatic nitrogens is 3. The highest BCUT2D eigenvalue weighted by Crippen LogP contribution is 2.43. The minimum absolute atomic E-state index is 0.0842. The lowest BCUT2D eigenvalue weighted by Gasteiger charge is -2.44. The second-order valence-corrected chi connectivity index (χ2v) is 11.4. The summed E-state index contributed by atoms with van der Waals surface area (Å²) in [5.74, 6) is 2.10. The molecule has 35 heavy (non-hydrogen) atoms. The van der Waals surface area contributed by atoms with Gasteiger partial charge in [0.25, 0.3) is 0 Å². The maximum Gasteiger partial charge on any atom is 0.146 e. The van der Waals surface area contributed by atoms with Gasteiger partial charge in [-0.25, -0.2) is 14.4 Å². The second-order valence-electron chi connectivity index (χ2n) is 9.66. The Labute approximate surface area is 206 Å². The minimum Gasteiger partial charge on any atom is -0.616 e. The number of nitrogen functional groups attached to an aromatic ring is 1. The highest BCUT2D eigenvalue weighted by molar-refractivity contribution is 7.91. The SMILES string of the molecule is Nc1ncnc2c1c(-c1cc(OC[C@@H]3CCCO3)ccc1F)cn2[C@H]1C[C@@H](N2CC[S+]([O-])CC2)C1. The van der Waals surface area contributed by atoms with E-state index in [9.17, 15) is 4.55 Å². The van der Waals surface area contributed by atoms with Crippen LogP contribution < -0.4 is 10.5 Å². The molecule has 3 aromatic rings. The van der Waals surface area contributed by atoms with Crippen LogP contribution in [-0.4, -0.2) is 73.9 Å². The van der Waals surface area contributed by atoms with Crippen molar-refractivity contribution in [1.82, 2.24) is 19.4 Å². The van der Waals surface area contributed by atoms with Crippen LogP contribution in [-0.2, 0) is 15.9 Å². The number of hydrogen-bond donors (Lipinski definition) is 1. The van der Waals surface area contributed by atoms with Crippen LogP contribution in [0.5, 0.6) is 5.75 Å². The number of nitrogens with two attached hydrogens (primary N) is 1. The Morgan fingerprint density at radius 2 is 2.00 bits per heavy atom. The summed E-state index contributed by atoms with van der Waals surface area (Å²) in [6.07, 6.45) is 7.49. The third-order valence-electron chi connectivity index (χ3n) is 7.54. The summed E-state index contributed by atoms with van der Waals surface area (Å²) in [6, 6.07) is 5.54. The first-order valence-corrected chi connectivity index (χ1v) is 13.8. The van der Waals surface area contributed by atoms with E-state index in [2.05, 4.69) is 19.4 Å². The summed E-state index contributed by atoms with van der Waals surface area (Å²) in [6.45, 7) is 2.99. The number of halogens is 1. The fraction of sp³-hybridized carbons (Fsp3) is 0.520. The summed E-state index contributed by atoms with van der Waals surface area (Å²) >= 11 is -0.677. The summed E-state index contributed by atoms with van der Waals surface area (Å²) in [5.41, 5.74) is 8.11. The fourth-order valence-corrected chi connectivity index (χ4v) is 6.54. The molecule has 4 heterocycles. The lowest BCUT2D eigenvalue weighted by Crippen LogP contribution is -2.51. The molecule has 1 aliphatic carbocycles. The zero-order chi connectivity index (χ0) is 23.9. The molecule has 0 spiro atoms. The molecule has 186 valence electrons. The van der Waals surface area contributed by atoms with Gasteiger partial charge in [0, 0.05) is 49.1 Å². The average molecular weight is 500 g/mol. The number of anilines is 1. The normalized spacial score (nSPS) is 25.7. The van der Waals surface area contributed by atoms with Crippen LogP contribution in [0.1, 0.15) is 31.7 Å². The lowest BCUT2D eigenvalue weighted by atomic mass is 9.85.